The molecule has 0 spiro atoms. The third kappa shape index (κ3) is 5.75. The van der Waals surface area contributed by atoms with Gasteiger partial charge in [-0.1, -0.05) is 6.07 Å². The van der Waals surface area contributed by atoms with E-state index in [4.69, 9.17) is 10.8 Å². The number of nitrogens with two attached hydrogens (primary N) is 1. The maximum absolute atomic E-state index is 15.1. The number of hydrogen-bond acceptors (Lipinski definition) is 7. The van der Waals surface area contributed by atoms with Crippen LogP contribution in [0, 0.1) is 5.82 Å². The van der Waals surface area contributed by atoms with E-state index in [0.717, 1.165) is 18.0 Å². The van der Waals surface area contributed by atoms with Crippen LogP contribution >= 0.6 is 0 Å². The minimum Gasteiger partial charge on any atom is -0.387 e. The Kier molecular flexibility index (Phi) is 7.45. The zero-order valence-corrected chi connectivity index (χ0v) is 21.3. The van der Waals surface area contributed by atoms with E-state index >= 15 is 4.39 Å². The number of likely N-dealkylation sites (tertiary alicyclic amines) is 1. The topological polar surface area (TPSA) is 151 Å². The van der Waals surface area contributed by atoms with Gasteiger partial charge in [0.05, 0.1) is 11.3 Å². The summed E-state index contributed by atoms with van der Waals surface area (Å²) in [5.41, 5.74) is 7.20. The first-order valence-corrected chi connectivity index (χ1v) is 12.5. The summed E-state index contributed by atoms with van der Waals surface area (Å²) in [5, 5.41) is 17.9. The second kappa shape index (κ2) is 11.0. The Balaban J connectivity index is 1.37. The van der Waals surface area contributed by atoms with Crippen LogP contribution in [0.2, 0.25) is 0 Å². The van der Waals surface area contributed by atoms with E-state index < -0.39 is 30.2 Å². The molecule has 5 rings (SSSR count). The highest BCUT2D eigenvalue weighted by atomic mass is 19.4. The molecule has 0 atom stereocenters. The van der Waals surface area contributed by atoms with E-state index in [1.807, 2.05) is 6.07 Å². The second-order valence-electron chi connectivity index (χ2n) is 9.40. The molecule has 1 aliphatic heterocycles. The number of fused-ring (bicyclic) bond motifs is 1. The number of rotatable bonds is 5. The van der Waals surface area contributed by atoms with Crippen molar-refractivity contribution in [3.8, 4) is 11.1 Å². The first-order valence-electron chi connectivity index (χ1n) is 12.5. The first-order chi connectivity index (χ1) is 19.5. The van der Waals surface area contributed by atoms with Crippen molar-refractivity contribution in [2.24, 2.45) is 0 Å². The van der Waals surface area contributed by atoms with Crippen LogP contribution in [-0.2, 0) is 11.0 Å². The van der Waals surface area contributed by atoms with Gasteiger partial charge in [0.2, 0.25) is 5.91 Å². The number of piperidine rings is 1. The van der Waals surface area contributed by atoms with Crippen molar-refractivity contribution >= 4 is 34.8 Å². The van der Waals surface area contributed by atoms with Gasteiger partial charge in [0.25, 0.3) is 0 Å². The lowest BCUT2D eigenvalue weighted by molar-refractivity contribution is -0.137. The Hall–Kier alpha value is -4.79. The minimum atomic E-state index is -4.62. The summed E-state index contributed by atoms with van der Waals surface area (Å²) in [5.74, 6) is -1.32. The SMILES string of the molecule is Nc1ncnn2c(C3CCN(C(=O)CO)CC3)cc(-c3ccc(NC(=O)Nc4cc(C(F)(F)F)ccn4)c(F)c3)c12. The highest BCUT2D eigenvalue weighted by Crippen LogP contribution is 2.37. The van der Waals surface area contributed by atoms with E-state index in [2.05, 4.69) is 25.7 Å². The number of halogens is 4. The van der Waals surface area contributed by atoms with Crippen LogP contribution < -0.4 is 16.4 Å². The highest BCUT2D eigenvalue weighted by Gasteiger charge is 2.31. The number of aliphatic hydroxyl groups excluding tert-OH is 1. The summed E-state index contributed by atoms with van der Waals surface area (Å²) < 4.78 is 55.6. The van der Waals surface area contributed by atoms with Crippen molar-refractivity contribution in [1.82, 2.24) is 24.5 Å². The monoisotopic (exact) mass is 572 g/mol. The molecule has 1 aromatic carbocycles. The molecule has 4 aromatic rings. The zero-order chi connectivity index (χ0) is 29.3. The first kappa shape index (κ1) is 27.8. The van der Waals surface area contributed by atoms with Crippen LogP contribution in [0.1, 0.15) is 30.0 Å². The van der Waals surface area contributed by atoms with Crippen LogP contribution in [0.25, 0.3) is 16.6 Å². The average Bonchev–Trinajstić information content (AvgIpc) is 3.34. The lowest BCUT2D eigenvalue weighted by atomic mass is 9.93. The van der Waals surface area contributed by atoms with Crippen molar-refractivity contribution in [3.05, 3.63) is 66.0 Å². The van der Waals surface area contributed by atoms with Gasteiger partial charge in [0.1, 0.15) is 30.1 Å². The number of aliphatic hydroxyl groups is 1. The van der Waals surface area contributed by atoms with E-state index in [9.17, 15) is 22.8 Å². The third-order valence-corrected chi connectivity index (χ3v) is 6.87. The van der Waals surface area contributed by atoms with E-state index in [-0.39, 0.29) is 29.1 Å². The molecular weight excluding hydrogens is 548 g/mol. The molecule has 1 saturated heterocycles. The number of aromatic nitrogens is 4. The van der Waals surface area contributed by atoms with Crippen molar-refractivity contribution in [3.63, 3.8) is 0 Å². The number of amides is 3. The second-order valence-corrected chi connectivity index (χ2v) is 9.40. The maximum Gasteiger partial charge on any atom is 0.416 e. The van der Waals surface area contributed by atoms with Gasteiger partial charge in [0, 0.05) is 36.5 Å². The van der Waals surface area contributed by atoms with Gasteiger partial charge in [-0.15, -0.1) is 0 Å². The number of benzene rings is 1. The summed E-state index contributed by atoms with van der Waals surface area (Å²) in [6, 6.07) is 6.33. The Labute approximate surface area is 230 Å². The largest absolute Gasteiger partial charge is 0.416 e. The molecule has 15 heteroatoms. The van der Waals surface area contributed by atoms with Gasteiger partial charge in [-0.25, -0.2) is 23.7 Å². The summed E-state index contributed by atoms with van der Waals surface area (Å²) in [7, 11) is 0. The van der Waals surface area contributed by atoms with Crippen LogP contribution in [0.3, 0.4) is 0 Å². The quantitative estimate of drug-likeness (QED) is 0.265. The molecule has 0 bridgehead atoms. The Morgan fingerprint density at radius 1 is 1.07 bits per heavy atom. The van der Waals surface area contributed by atoms with E-state index in [1.54, 1.807) is 15.5 Å². The normalized spacial score (nSPS) is 14.3. The lowest BCUT2D eigenvalue weighted by Crippen LogP contribution is -2.39. The van der Waals surface area contributed by atoms with Crippen LogP contribution in [0.4, 0.5) is 39.7 Å². The van der Waals surface area contributed by atoms with Gasteiger partial charge in [-0.2, -0.15) is 18.3 Å². The van der Waals surface area contributed by atoms with Gasteiger partial charge in [-0.3, -0.25) is 10.1 Å². The summed E-state index contributed by atoms with van der Waals surface area (Å²) in [6.45, 7) is 0.368. The molecule has 3 aromatic heterocycles. The molecule has 0 saturated carbocycles. The number of urea groups is 1. The predicted octanol–water partition coefficient (Wildman–Crippen LogP) is 3.87. The molecule has 0 radical (unpaired) electrons. The Bertz CT molecular complexity index is 1620. The minimum absolute atomic E-state index is 0.00670. The van der Waals surface area contributed by atoms with Crippen molar-refractivity contribution in [2.45, 2.75) is 24.9 Å². The molecule has 214 valence electrons. The summed E-state index contributed by atoms with van der Waals surface area (Å²) >= 11 is 0. The molecule has 1 aliphatic rings. The number of nitrogens with one attached hydrogen (secondary N) is 2. The Morgan fingerprint density at radius 2 is 1.83 bits per heavy atom. The number of nitrogen functional groups attached to an aromatic ring is 1. The van der Waals surface area contributed by atoms with E-state index in [0.29, 0.717) is 48.6 Å². The van der Waals surface area contributed by atoms with Gasteiger partial charge in [-0.05, 0) is 48.7 Å². The molecule has 4 heterocycles. The fourth-order valence-electron chi connectivity index (χ4n) is 4.86. The smallest absolute Gasteiger partial charge is 0.387 e. The molecule has 1 fully saturated rings. The number of hydrogen-bond donors (Lipinski definition) is 4. The fraction of sp³-hybridized carbons (Fsp3) is 0.269. The van der Waals surface area contributed by atoms with Crippen LogP contribution in [0.15, 0.2) is 48.9 Å². The van der Waals surface area contributed by atoms with Crippen LogP contribution in [0.5, 0.6) is 0 Å². The molecule has 5 N–H and O–H groups in total. The van der Waals surface area contributed by atoms with Gasteiger partial charge >= 0.3 is 12.2 Å². The fourth-order valence-corrected chi connectivity index (χ4v) is 4.86. The summed E-state index contributed by atoms with van der Waals surface area (Å²) in [4.78, 5) is 33.5. The highest BCUT2D eigenvalue weighted by molar-refractivity contribution is 5.99. The molecule has 3 amide bonds. The van der Waals surface area contributed by atoms with Crippen LogP contribution in [-0.4, -0.2) is 61.2 Å². The lowest BCUT2D eigenvalue weighted by Gasteiger charge is -2.31. The average molecular weight is 573 g/mol. The molecule has 11 nitrogen and oxygen atoms in total. The van der Waals surface area contributed by atoms with Gasteiger partial charge in [0.15, 0.2) is 5.82 Å². The number of nitrogens with zero attached hydrogens (tertiary/aromatic N) is 5. The number of carbonyl (C=O) groups excluding carboxylic acids is 2. The number of alkyl halides is 3. The molecular formula is C26H24F4N8O3. The third-order valence-electron chi connectivity index (χ3n) is 6.87. The number of pyridine rings is 1. The zero-order valence-electron chi connectivity index (χ0n) is 21.3. The molecule has 0 aliphatic carbocycles. The van der Waals surface area contributed by atoms with Crippen molar-refractivity contribution < 1.29 is 32.3 Å². The maximum atomic E-state index is 15.1. The molecule has 41 heavy (non-hydrogen) atoms. The predicted molar refractivity (Wildman–Crippen MR) is 140 cm³/mol. The van der Waals surface area contributed by atoms with E-state index in [1.165, 1.54) is 18.5 Å². The number of carbonyl (C=O) groups is 2. The van der Waals surface area contributed by atoms with Crippen molar-refractivity contribution in [2.75, 3.05) is 36.1 Å². The number of anilines is 3. The van der Waals surface area contributed by atoms with Gasteiger partial charge < -0.3 is 21.1 Å². The Morgan fingerprint density at radius 3 is 2.51 bits per heavy atom. The summed E-state index contributed by atoms with van der Waals surface area (Å²) in [6.07, 6.45) is -1.17. The standard InChI is InChI=1S/C26H24F4N8O3/c27-18-9-15(1-2-19(18)35-25(41)36-21-10-16(3-6-32-21)26(28,29)30)17-11-20(38-23(17)24(31)33-13-34-38)14-4-7-37(8-5-14)22(40)12-39/h1-3,6,9-11,13-14,39H,4-5,7-8,12H2,(H2,31,33,34)(H2,32,35,36,41). The molecule has 0 unspecified atom stereocenters. The van der Waals surface area contributed by atoms with Crippen molar-refractivity contribution in [1.29, 1.82) is 0 Å².